The smallest absolute Gasteiger partial charge is 0.133 e. The van der Waals surface area contributed by atoms with Crippen molar-refractivity contribution in [1.29, 1.82) is 0 Å². The average Bonchev–Trinajstić information content (AvgIpc) is 2.96. The first-order valence-electron chi connectivity index (χ1n) is 4.99. The highest BCUT2D eigenvalue weighted by Crippen LogP contribution is 2.28. The Balaban J connectivity index is 1.87. The van der Waals surface area contributed by atoms with Crippen LogP contribution in [-0.4, -0.2) is 16.3 Å². The van der Waals surface area contributed by atoms with E-state index in [9.17, 15) is 0 Å². The highest BCUT2D eigenvalue weighted by Gasteiger charge is 2.22. The van der Waals surface area contributed by atoms with Crippen molar-refractivity contribution in [3.05, 3.63) is 30.6 Å². The monoisotopic (exact) mass is 188 g/mol. The molecule has 0 unspecified atom stereocenters. The van der Waals surface area contributed by atoms with Crippen LogP contribution in [0.1, 0.15) is 12.8 Å². The van der Waals surface area contributed by atoms with Crippen molar-refractivity contribution >= 4 is 11.0 Å². The molecule has 3 nitrogen and oxygen atoms in total. The number of hydrogen-bond donors (Lipinski definition) is 0. The summed E-state index contributed by atoms with van der Waals surface area (Å²) < 4.78 is 1.77. The van der Waals surface area contributed by atoms with Crippen LogP contribution in [0.15, 0.2) is 30.6 Å². The third-order valence-corrected chi connectivity index (χ3v) is 2.57. The zero-order valence-electron chi connectivity index (χ0n) is 7.89. The summed E-state index contributed by atoms with van der Waals surface area (Å²) in [5.41, 5.74) is 2.04. The second-order valence-corrected chi connectivity index (χ2v) is 3.80. The van der Waals surface area contributed by atoms with Crippen molar-refractivity contribution in [2.45, 2.75) is 12.8 Å². The number of aromatic nitrogens is 2. The fourth-order valence-corrected chi connectivity index (χ4v) is 1.51. The van der Waals surface area contributed by atoms with Crippen LogP contribution in [0.25, 0.3) is 11.0 Å². The molecule has 1 aromatic heterocycles. The molecule has 3 rings (SSSR count). The Morgan fingerprint density at radius 2 is 2.21 bits per heavy atom. The number of nitrogens with zero attached hydrogens (tertiary/aromatic N) is 2. The molecular weight excluding hydrogens is 176 g/mol. The quantitative estimate of drug-likeness (QED) is 0.735. The summed E-state index contributed by atoms with van der Waals surface area (Å²) in [6.45, 7) is 0.820. The molecule has 0 saturated heterocycles. The van der Waals surface area contributed by atoms with Crippen LogP contribution in [0.4, 0.5) is 0 Å². The highest BCUT2D eigenvalue weighted by molar-refractivity contribution is 5.74. The van der Waals surface area contributed by atoms with Gasteiger partial charge in [0.05, 0.1) is 5.52 Å². The van der Waals surface area contributed by atoms with Crippen LogP contribution in [-0.2, 0) is 0 Å². The molecule has 0 atom stereocenters. The van der Waals surface area contributed by atoms with Crippen molar-refractivity contribution in [2.75, 3.05) is 6.61 Å². The number of fused-ring (bicyclic) bond motifs is 1. The van der Waals surface area contributed by atoms with Gasteiger partial charge in [-0.3, -0.25) is 0 Å². The summed E-state index contributed by atoms with van der Waals surface area (Å²) in [4.78, 5) is 9.89. The Bertz CT molecular complexity index is 445. The topological polar surface area (TPSA) is 27.1 Å². The van der Waals surface area contributed by atoms with E-state index in [4.69, 9.17) is 4.84 Å². The Kier molecular flexibility index (Phi) is 1.69. The molecule has 0 amide bonds. The van der Waals surface area contributed by atoms with Crippen LogP contribution in [0.3, 0.4) is 0 Å². The number of para-hydroxylation sites is 2. The Morgan fingerprint density at radius 3 is 3.07 bits per heavy atom. The van der Waals surface area contributed by atoms with Crippen molar-refractivity contribution in [2.24, 2.45) is 5.92 Å². The van der Waals surface area contributed by atoms with Gasteiger partial charge in [-0.1, -0.05) is 12.1 Å². The van der Waals surface area contributed by atoms with E-state index < -0.39 is 0 Å². The number of rotatable bonds is 3. The second-order valence-electron chi connectivity index (χ2n) is 3.80. The zero-order chi connectivity index (χ0) is 9.38. The van der Waals surface area contributed by atoms with Crippen LogP contribution in [0.5, 0.6) is 0 Å². The van der Waals surface area contributed by atoms with Gasteiger partial charge in [-0.05, 0) is 30.9 Å². The molecule has 72 valence electrons. The van der Waals surface area contributed by atoms with E-state index in [1.165, 1.54) is 12.8 Å². The summed E-state index contributed by atoms with van der Waals surface area (Å²) >= 11 is 0. The standard InChI is InChI=1S/C11H12N2O/c1-2-4-11-10(3-1)12-8-13(11)14-7-9-5-6-9/h1-4,8-9H,5-7H2. The molecule has 1 saturated carbocycles. The predicted molar refractivity (Wildman–Crippen MR) is 53.9 cm³/mol. The lowest BCUT2D eigenvalue weighted by atomic mass is 10.3. The van der Waals surface area contributed by atoms with E-state index in [0.717, 1.165) is 23.6 Å². The van der Waals surface area contributed by atoms with Gasteiger partial charge in [0.1, 0.15) is 18.5 Å². The van der Waals surface area contributed by atoms with Gasteiger partial charge in [0.2, 0.25) is 0 Å². The van der Waals surface area contributed by atoms with Crippen molar-refractivity contribution in [3.63, 3.8) is 0 Å². The molecule has 0 N–H and O–H groups in total. The Morgan fingerprint density at radius 1 is 1.36 bits per heavy atom. The number of imidazole rings is 1. The second kappa shape index (κ2) is 3.01. The van der Waals surface area contributed by atoms with Crippen LogP contribution in [0, 0.1) is 5.92 Å². The van der Waals surface area contributed by atoms with Crippen molar-refractivity contribution < 1.29 is 4.84 Å². The third-order valence-electron chi connectivity index (χ3n) is 2.57. The third kappa shape index (κ3) is 1.35. The van der Waals surface area contributed by atoms with E-state index in [1.54, 1.807) is 11.1 Å². The van der Waals surface area contributed by atoms with Crippen molar-refractivity contribution in [1.82, 2.24) is 9.71 Å². The first kappa shape index (κ1) is 7.85. The average molecular weight is 188 g/mol. The lowest BCUT2D eigenvalue weighted by Crippen LogP contribution is -2.12. The van der Waals surface area contributed by atoms with Crippen LogP contribution >= 0.6 is 0 Å². The maximum Gasteiger partial charge on any atom is 0.133 e. The highest BCUT2D eigenvalue weighted by atomic mass is 16.7. The molecular formula is C11H12N2O. The molecule has 2 aromatic rings. The predicted octanol–water partition coefficient (Wildman–Crippen LogP) is 1.87. The van der Waals surface area contributed by atoms with E-state index >= 15 is 0 Å². The summed E-state index contributed by atoms with van der Waals surface area (Å²) in [6.07, 6.45) is 4.37. The zero-order valence-corrected chi connectivity index (χ0v) is 7.89. The van der Waals surface area contributed by atoms with Gasteiger partial charge in [-0.15, -0.1) is 0 Å². The minimum absolute atomic E-state index is 0.774. The number of benzene rings is 1. The number of hydrogen-bond acceptors (Lipinski definition) is 2. The van der Waals surface area contributed by atoms with Crippen LogP contribution < -0.4 is 4.84 Å². The summed E-state index contributed by atoms with van der Waals surface area (Å²) in [6, 6.07) is 8.00. The van der Waals surface area contributed by atoms with Gasteiger partial charge in [-0.2, -0.15) is 4.73 Å². The van der Waals surface area contributed by atoms with E-state index in [2.05, 4.69) is 4.98 Å². The normalized spacial score (nSPS) is 16.0. The molecule has 0 radical (unpaired) electrons. The molecule has 1 aliphatic rings. The van der Waals surface area contributed by atoms with Gasteiger partial charge in [0.25, 0.3) is 0 Å². The van der Waals surface area contributed by atoms with E-state index in [0.29, 0.717) is 0 Å². The fourth-order valence-electron chi connectivity index (χ4n) is 1.51. The van der Waals surface area contributed by atoms with Gasteiger partial charge in [0.15, 0.2) is 0 Å². The van der Waals surface area contributed by atoms with E-state index in [-0.39, 0.29) is 0 Å². The summed E-state index contributed by atoms with van der Waals surface area (Å²) in [7, 11) is 0. The largest absolute Gasteiger partial charge is 0.412 e. The van der Waals surface area contributed by atoms with E-state index in [1.807, 2.05) is 24.3 Å². The molecule has 1 heterocycles. The molecule has 14 heavy (non-hydrogen) atoms. The molecule has 0 bridgehead atoms. The lowest BCUT2D eigenvalue weighted by molar-refractivity contribution is 0.110. The molecule has 1 fully saturated rings. The summed E-state index contributed by atoms with van der Waals surface area (Å²) in [5, 5.41) is 0. The SMILES string of the molecule is c1ccc2c(c1)ncn2OCC1CC1. The minimum Gasteiger partial charge on any atom is -0.412 e. The molecule has 0 spiro atoms. The van der Waals surface area contributed by atoms with Gasteiger partial charge < -0.3 is 4.84 Å². The van der Waals surface area contributed by atoms with Gasteiger partial charge in [0, 0.05) is 0 Å². The van der Waals surface area contributed by atoms with Crippen molar-refractivity contribution in [3.8, 4) is 0 Å². The first-order valence-corrected chi connectivity index (χ1v) is 4.99. The molecule has 1 aromatic carbocycles. The Hall–Kier alpha value is -1.51. The summed E-state index contributed by atoms with van der Waals surface area (Å²) in [5.74, 6) is 0.774. The van der Waals surface area contributed by atoms with Gasteiger partial charge >= 0.3 is 0 Å². The maximum absolute atomic E-state index is 5.64. The van der Waals surface area contributed by atoms with Gasteiger partial charge in [-0.25, -0.2) is 4.98 Å². The lowest BCUT2D eigenvalue weighted by Gasteiger charge is -2.05. The molecule has 1 aliphatic carbocycles. The van der Waals surface area contributed by atoms with Crippen LogP contribution in [0.2, 0.25) is 0 Å². The minimum atomic E-state index is 0.774. The fraction of sp³-hybridized carbons (Fsp3) is 0.364. The maximum atomic E-state index is 5.64. The Labute approximate surface area is 82.3 Å². The molecule has 3 heteroatoms. The first-order chi connectivity index (χ1) is 6.93. The molecule has 0 aliphatic heterocycles.